The molecule has 110 valence electrons. The Morgan fingerprint density at radius 3 is 2.73 bits per heavy atom. The SMILES string of the molecule is COc1ccc(-c2nc(C(=O)Nc3cccnc3)cs2)cc1. The van der Waals surface area contributed by atoms with E-state index in [0.717, 1.165) is 16.3 Å². The third-order valence-corrected chi connectivity index (χ3v) is 3.88. The molecule has 1 amide bonds. The van der Waals surface area contributed by atoms with Crippen molar-refractivity contribution in [3.05, 3.63) is 59.9 Å². The van der Waals surface area contributed by atoms with Gasteiger partial charge >= 0.3 is 0 Å². The van der Waals surface area contributed by atoms with E-state index in [-0.39, 0.29) is 5.91 Å². The minimum absolute atomic E-state index is 0.246. The van der Waals surface area contributed by atoms with Crippen LogP contribution in [0.1, 0.15) is 10.5 Å². The summed E-state index contributed by atoms with van der Waals surface area (Å²) in [4.78, 5) is 20.5. The van der Waals surface area contributed by atoms with Crippen LogP contribution in [0, 0.1) is 0 Å². The Hall–Kier alpha value is -2.73. The largest absolute Gasteiger partial charge is 0.497 e. The summed E-state index contributed by atoms with van der Waals surface area (Å²) in [5, 5.41) is 5.30. The second kappa shape index (κ2) is 6.36. The molecule has 0 aliphatic rings. The average molecular weight is 311 g/mol. The summed E-state index contributed by atoms with van der Waals surface area (Å²) in [6.07, 6.45) is 3.24. The van der Waals surface area contributed by atoms with Crippen molar-refractivity contribution in [2.24, 2.45) is 0 Å². The molecule has 2 aromatic heterocycles. The molecule has 0 atom stereocenters. The zero-order chi connectivity index (χ0) is 15.4. The van der Waals surface area contributed by atoms with Gasteiger partial charge in [0, 0.05) is 17.1 Å². The number of carbonyl (C=O) groups is 1. The summed E-state index contributed by atoms with van der Waals surface area (Å²) in [5.41, 5.74) is 1.98. The predicted molar refractivity (Wildman–Crippen MR) is 86.3 cm³/mol. The van der Waals surface area contributed by atoms with Crippen molar-refractivity contribution in [3.8, 4) is 16.3 Å². The zero-order valence-electron chi connectivity index (χ0n) is 11.8. The van der Waals surface area contributed by atoms with Gasteiger partial charge in [0.2, 0.25) is 0 Å². The molecule has 0 saturated carbocycles. The number of pyridine rings is 1. The third kappa shape index (κ3) is 3.12. The van der Waals surface area contributed by atoms with Crippen LogP contribution in [0.2, 0.25) is 0 Å². The monoisotopic (exact) mass is 311 g/mol. The molecule has 1 aromatic carbocycles. The normalized spacial score (nSPS) is 10.2. The maximum absolute atomic E-state index is 12.1. The van der Waals surface area contributed by atoms with Crippen LogP contribution >= 0.6 is 11.3 Å². The fourth-order valence-corrected chi connectivity index (χ4v) is 2.68. The van der Waals surface area contributed by atoms with Gasteiger partial charge in [0.15, 0.2) is 0 Å². The van der Waals surface area contributed by atoms with Gasteiger partial charge in [0.05, 0.1) is 19.0 Å². The number of methoxy groups -OCH3 is 1. The van der Waals surface area contributed by atoms with Crippen LogP contribution in [0.25, 0.3) is 10.6 Å². The number of anilines is 1. The van der Waals surface area contributed by atoms with Crippen molar-refractivity contribution in [1.29, 1.82) is 0 Å². The molecule has 0 bridgehead atoms. The summed E-state index contributed by atoms with van der Waals surface area (Å²) in [6.45, 7) is 0. The van der Waals surface area contributed by atoms with E-state index in [9.17, 15) is 4.79 Å². The molecule has 3 rings (SSSR count). The smallest absolute Gasteiger partial charge is 0.275 e. The lowest BCUT2D eigenvalue weighted by Gasteiger charge is -2.02. The van der Waals surface area contributed by atoms with E-state index in [1.807, 2.05) is 24.3 Å². The van der Waals surface area contributed by atoms with Crippen molar-refractivity contribution < 1.29 is 9.53 Å². The summed E-state index contributed by atoms with van der Waals surface area (Å²) in [7, 11) is 1.62. The fourth-order valence-electron chi connectivity index (χ4n) is 1.88. The standard InChI is InChI=1S/C16H13N3O2S/c1-21-13-6-4-11(5-7-13)16-19-14(10-22-16)15(20)18-12-3-2-8-17-9-12/h2-10H,1H3,(H,18,20). The summed E-state index contributed by atoms with van der Waals surface area (Å²) >= 11 is 1.43. The topological polar surface area (TPSA) is 64.1 Å². The Bertz CT molecular complexity index is 770. The Kier molecular flexibility index (Phi) is 4.11. The van der Waals surface area contributed by atoms with Crippen molar-refractivity contribution in [2.75, 3.05) is 12.4 Å². The highest BCUT2D eigenvalue weighted by molar-refractivity contribution is 7.13. The van der Waals surface area contributed by atoms with Gasteiger partial charge in [-0.15, -0.1) is 11.3 Å². The lowest BCUT2D eigenvalue weighted by Crippen LogP contribution is -2.12. The lowest BCUT2D eigenvalue weighted by atomic mass is 10.2. The van der Waals surface area contributed by atoms with E-state index in [4.69, 9.17) is 4.74 Å². The molecule has 0 radical (unpaired) electrons. The van der Waals surface area contributed by atoms with Crippen molar-refractivity contribution in [3.63, 3.8) is 0 Å². The highest BCUT2D eigenvalue weighted by Crippen LogP contribution is 2.26. The number of thiazole rings is 1. The summed E-state index contributed by atoms with van der Waals surface area (Å²) < 4.78 is 5.13. The zero-order valence-corrected chi connectivity index (χ0v) is 12.6. The maximum Gasteiger partial charge on any atom is 0.275 e. The Balaban J connectivity index is 1.76. The molecule has 22 heavy (non-hydrogen) atoms. The molecule has 2 heterocycles. The first kappa shape index (κ1) is 14.2. The van der Waals surface area contributed by atoms with Crippen LogP contribution in [-0.2, 0) is 0 Å². The van der Waals surface area contributed by atoms with Gasteiger partial charge in [0.25, 0.3) is 5.91 Å². The van der Waals surface area contributed by atoms with Crippen LogP contribution < -0.4 is 10.1 Å². The molecule has 6 heteroatoms. The second-order valence-electron chi connectivity index (χ2n) is 4.46. The Morgan fingerprint density at radius 1 is 1.23 bits per heavy atom. The first-order chi connectivity index (χ1) is 10.8. The predicted octanol–water partition coefficient (Wildman–Crippen LogP) is 3.47. The number of carbonyl (C=O) groups excluding carboxylic acids is 1. The number of nitrogens with one attached hydrogen (secondary N) is 1. The maximum atomic E-state index is 12.1. The van der Waals surface area contributed by atoms with Gasteiger partial charge in [-0.25, -0.2) is 4.98 Å². The van der Waals surface area contributed by atoms with Crippen LogP contribution in [0.15, 0.2) is 54.2 Å². The molecule has 5 nitrogen and oxygen atoms in total. The number of nitrogens with zero attached hydrogens (tertiary/aromatic N) is 2. The minimum atomic E-state index is -0.246. The van der Waals surface area contributed by atoms with E-state index < -0.39 is 0 Å². The van der Waals surface area contributed by atoms with Crippen molar-refractivity contribution in [1.82, 2.24) is 9.97 Å². The van der Waals surface area contributed by atoms with E-state index in [1.54, 1.807) is 37.0 Å². The summed E-state index contributed by atoms with van der Waals surface area (Å²) in [5.74, 6) is 0.541. The molecular weight excluding hydrogens is 298 g/mol. The molecule has 3 aromatic rings. The van der Waals surface area contributed by atoms with E-state index in [2.05, 4.69) is 15.3 Å². The number of hydrogen-bond donors (Lipinski definition) is 1. The van der Waals surface area contributed by atoms with Gasteiger partial charge < -0.3 is 10.1 Å². The minimum Gasteiger partial charge on any atom is -0.497 e. The van der Waals surface area contributed by atoms with Crippen LogP contribution in [-0.4, -0.2) is 23.0 Å². The van der Waals surface area contributed by atoms with E-state index in [1.165, 1.54) is 11.3 Å². The lowest BCUT2D eigenvalue weighted by molar-refractivity contribution is 0.102. The molecule has 1 N–H and O–H groups in total. The number of rotatable bonds is 4. The van der Waals surface area contributed by atoms with Gasteiger partial charge in [0.1, 0.15) is 16.5 Å². The number of benzene rings is 1. The number of hydrogen-bond acceptors (Lipinski definition) is 5. The highest BCUT2D eigenvalue weighted by Gasteiger charge is 2.12. The van der Waals surface area contributed by atoms with Crippen LogP contribution in [0.5, 0.6) is 5.75 Å². The van der Waals surface area contributed by atoms with E-state index >= 15 is 0 Å². The first-order valence-electron chi connectivity index (χ1n) is 6.57. The molecule has 0 unspecified atom stereocenters. The van der Waals surface area contributed by atoms with Crippen molar-refractivity contribution >= 4 is 22.9 Å². The molecule has 0 aliphatic heterocycles. The molecular formula is C16H13N3O2S. The first-order valence-corrected chi connectivity index (χ1v) is 7.45. The van der Waals surface area contributed by atoms with Crippen molar-refractivity contribution in [2.45, 2.75) is 0 Å². The number of amides is 1. The van der Waals surface area contributed by atoms with E-state index in [0.29, 0.717) is 11.4 Å². The molecule has 0 spiro atoms. The fraction of sp³-hybridized carbons (Fsp3) is 0.0625. The highest BCUT2D eigenvalue weighted by atomic mass is 32.1. The summed E-state index contributed by atoms with van der Waals surface area (Å²) in [6, 6.07) is 11.1. The van der Waals surface area contributed by atoms with Crippen LogP contribution in [0.4, 0.5) is 5.69 Å². The van der Waals surface area contributed by atoms with Gasteiger partial charge in [-0.3, -0.25) is 9.78 Å². The third-order valence-electron chi connectivity index (χ3n) is 2.99. The average Bonchev–Trinajstić information content (AvgIpc) is 3.06. The number of ether oxygens (including phenoxy) is 1. The number of aromatic nitrogens is 2. The molecule has 0 fully saturated rings. The second-order valence-corrected chi connectivity index (χ2v) is 5.32. The van der Waals surface area contributed by atoms with Gasteiger partial charge in [-0.1, -0.05) is 0 Å². The van der Waals surface area contributed by atoms with Gasteiger partial charge in [-0.2, -0.15) is 0 Å². The molecule has 0 saturated heterocycles. The Morgan fingerprint density at radius 2 is 2.05 bits per heavy atom. The quantitative estimate of drug-likeness (QED) is 0.801. The van der Waals surface area contributed by atoms with Crippen LogP contribution in [0.3, 0.4) is 0 Å². The molecule has 0 aliphatic carbocycles. The Labute approximate surface area is 131 Å². The van der Waals surface area contributed by atoms with Gasteiger partial charge in [-0.05, 0) is 36.4 Å².